The van der Waals surface area contributed by atoms with E-state index in [1.807, 2.05) is 11.4 Å². The average Bonchev–Trinajstić information content (AvgIpc) is 2.62. The fraction of sp³-hybridized carbons (Fsp3) is 0.455. The molecule has 0 fully saturated rings. The third kappa shape index (κ3) is 3.15. The van der Waals surface area contributed by atoms with Crippen LogP contribution in [0.4, 0.5) is 0 Å². The van der Waals surface area contributed by atoms with Gasteiger partial charge in [-0.3, -0.25) is 0 Å². The lowest BCUT2D eigenvalue weighted by Crippen LogP contribution is -2.16. The molecule has 0 aromatic carbocycles. The third-order valence-corrected chi connectivity index (χ3v) is 2.91. The molecule has 0 saturated heterocycles. The van der Waals surface area contributed by atoms with Crippen molar-refractivity contribution in [1.82, 2.24) is 4.90 Å². The molecule has 0 aliphatic heterocycles. The second-order valence-electron chi connectivity index (χ2n) is 3.05. The van der Waals surface area contributed by atoms with Crippen molar-refractivity contribution >= 4 is 11.3 Å². The Morgan fingerprint density at radius 2 is 2.36 bits per heavy atom. The van der Waals surface area contributed by atoms with Crippen molar-refractivity contribution in [3.05, 3.63) is 21.9 Å². The minimum Gasteiger partial charge on any atom is -0.384 e. The quantitative estimate of drug-likeness (QED) is 0.763. The van der Waals surface area contributed by atoms with Crippen molar-refractivity contribution in [3.63, 3.8) is 0 Å². The minimum absolute atomic E-state index is 0.0705. The molecular formula is C11H15NOS. The number of thiophene rings is 1. The summed E-state index contributed by atoms with van der Waals surface area (Å²) in [4.78, 5) is 3.51. The summed E-state index contributed by atoms with van der Waals surface area (Å²) in [6.07, 6.45) is 0. The van der Waals surface area contributed by atoms with E-state index in [1.165, 1.54) is 4.88 Å². The number of hydrogen-bond acceptors (Lipinski definition) is 3. The number of aliphatic hydroxyl groups is 1. The van der Waals surface area contributed by atoms with Gasteiger partial charge in [-0.2, -0.15) is 0 Å². The Morgan fingerprint density at radius 3 is 3.00 bits per heavy atom. The molecule has 0 radical (unpaired) electrons. The molecule has 1 aromatic heterocycles. The lowest BCUT2D eigenvalue weighted by atomic mass is 10.2. The van der Waals surface area contributed by atoms with Gasteiger partial charge in [0, 0.05) is 17.0 Å². The Morgan fingerprint density at radius 1 is 1.57 bits per heavy atom. The van der Waals surface area contributed by atoms with Crippen LogP contribution in [0.5, 0.6) is 0 Å². The molecule has 1 N–H and O–H groups in total. The second-order valence-corrected chi connectivity index (χ2v) is 4.05. The highest BCUT2D eigenvalue weighted by Crippen LogP contribution is 2.17. The van der Waals surface area contributed by atoms with Gasteiger partial charge < -0.3 is 10.0 Å². The predicted molar refractivity (Wildman–Crippen MR) is 60.3 cm³/mol. The zero-order valence-corrected chi connectivity index (χ0v) is 9.40. The topological polar surface area (TPSA) is 23.5 Å². The fourth-order valence-electron chi connectivity index (χ4n) is 1.07. The summed E-state index contributed by atoms with van der Waals surface area (Å²) in [6, 6.07) is 2.01. The maximum atomic E-state index is 8.60. The van der Waals surface area contributed by atoms with Crippen molar-refractivity contribution in [2.75, 3.05) is 20.2 Å². The fourth-order valence-corrected chi connectivity index (χ4v) is 1.98. The van der Waals surface area contributed by atoms with Crippen LogP contribution in [0.3, 0.4) is 0 Å². The van der Waals surface area contributed by atoms with Crippen LogP contribution < -0.4 is 0 Å². The summed E-state index contributed by atoms with van der Waals surface area (Å²) in [7, 11) is 2.09. The van der Waals surface area contributed by atoms with E-state index in [4.69, 9.17) is 5.11 Å². The summed E-state index contributed by atoms with van der Waals surface area (Å²) in [6.45, 7) is 4.03. The zero-order valence-electron chi connectivity index (χ0n) is 8.58. The number of aliphatic hydroxyl groups excluding tert-OH is 1. The van der Waals surface area contributed by atoms with Gasteiger partial charge in [-0.05, 0) is 25.0 Å². The molecule has 14 heavy (non-hydrogen) atoms. The van der Waals surface area contributed by atoms with Gasteiger partial charge in [0.25, 0.3) is 0 Å². The second kappa shape index (κ2) is 5.82. The van der Waals surface area contributed by atoms with Crippen molar-refractivity contribution in [2.45, 2.75) is 13.5 Å². The molecule has 0 atom stereocenters. The average molecular weight is 209 g/mol. The summed E-state index contributed by atoms with van der Waals surface area (Å²) >= 11 is 1.72. The number of nitrogens with zero attached hydrogens (tertiary/aromatic N) is 1. The molecule has 76 valence electrons. The standard InChI is InChI=1S/C11H15NOS/c1-3-12(2)9-11-10(5-4-7-13)6-8-14-11/h6,8,13H,3,7,9H2,1-2H3. The largest absolute Gasteiger partial charge is 0.384 e. The molecule has 3 heteroatoms. The third-order valence-electron chi connectivity index (χ3n) is 2.00. The van der Waals surface area contributed by atoms with Gasteiger partial charge in [-0.1, -0.05) is 18.8 Å². The highest BCUT2D eigenvalue weighted by Gasteiger charge is 2.03. The van der Waals surface area contributed by atoms with E-state index < -0.39 is 0 Å². The molecule has 0 bridgehead atoms. The minimum atomic E-state index is -0.0705. The van der Waals surface area contributed by atoms with E-state index >= 15 is 0 Å². The summed E-state index contributed by atoms with van der Waals surface area (Å²) in [5.41, 5.74) is 1.05. The molecule has 0 spiro atoms. The highest BCUT2D eigenvalue weighted by atomic mass is 32.1. The Bertz CT molecular complexity index is 335. The van der Waals surface area contributed by atoms with E-state index in [1.54, 1.807) is 11.3 Å². The monoisotopic (exact) mass is 209 g/mol. The van der Waals surface area contributed by atoms with Crippen LogP contribution in [0.15, 0.2) is 11.4 Å². The van der Waals surface area contributed by atoms with Gasteiger partial charge in [-0.15, -0.1) is 11.3 Å². The Labute approximate surface area is 89.2 Å². The summed E-state index contributed by atoms with van der Waals surface area (Å²) < 4.78 is 0. The Hall–Kier alpha value is -0.820. The van der Waals surface area contributed by atoms with E-state index in [0.717, 1.165) is 18.7 Å². The first-order valence-electron chi connectivity index (χ1n) is 4.62. The zero-order chi connectivity index (χ0) is 10.4. The lowest BCUT2D eigenvalue weighted by molar-refractivity contribution is 0.348. The molecular weight excluding hydrogens is 194 g/mol. The van der Waals surface area contributed by atoms with Crippen molar-refractivity contribution in [3.8, 4) is 11.8 Å². The van der Waals surface area contributed by atoms with E-state index in [-0.39, 0.29) is 6.61 Å². The highest BCUT2D eigenvalue weighted by molar-refractivity contribution is 7.10. The molecule has 0 aliphatic rings. The molecule has 1 heterocycles. The molecule has 1 aromatic rings. The maximum Gasteiger partial charge on any atom is 0.104 e. The lowest BCUT2D eigenvalue weighted by Gasteiger charge is -2.12. The maximum absolute atomic E-state index is 8.60. The van der Waals surface area contributed by atoms with E-state index in [0.29, 0.717) is 0 Å². The van der Waals surface area contributed by atoms with Crippen LogP contribution in [0.2, 0.25) is 0 Å². The van der Waals surface area contributed by atoms with Crippen LogP contribution in [0.25, 0.3) is 0 Å². The van der Waals surface area contributed by atoms with Gasteiger partial charge in [0.05, 0.1) is 0 Å². The number of rotatable bonds is 3. The molecule has 2 nitrogen and oxygen atoms in total. The van der Waals surface area contributed by atoms with Gasteiger partial charge in [0.15, 0.2) is 0 Å². The molecule has 0 unspecified atom stereocenters. The first kappa shape index (κ1) is 11.3. The van der Waals surface area contributed by atoms with E-state index in [2.05, 4.69) is 30.7 Å². The van der Waals surface area contributed by atoms with Crippen LogP contribution in [0.1, 0.15) is 17.4 Å². The molecule has 0 amide bonds. The molecule has 0 saturated carbocycles. The van der Waals surface area contributed by atoms with E-state index in [9.17, 15) is 0 Å². The predicted octanol–water partition coefficient (Wildman–Crippen LogP) is 1.54. The van der Waals surface area contributed by atoms with Crippen molar-refractivity contribution < 1.29 is 5.11 Å². The van der Waals surface area contributed by atoms with Gasteiger partial charge in [0.1, 0.15) is 6.61 Å². The Balaban J connectivity index is 2.72. The molecule has 0 aliphatic carbocycles. The SMILES string of the molecule is CCN(C)Cc1sccc1C#CCO. The van der Waals surface area contributed by atoms with Crippen LogP contribution in [-0.2, 0) is 6.54 Å². The Kier molecular flexibility index (Phi) is 4.68. The van der Waals surface area contributed by atoms with Gasteiger partial charge >= 0.3 is 0 Å². The first-order valence-corrected chi connectivity index (χ1v) is 5.50. The normalized spacial score (nSPS) is 10.0. The van der Waals surface area contributed by atoms with Crippen molar-refractivity contribution in [1.29, 1.82) is 0 Å². The van der Waals surface area contributed by atoms with Crippen LogP contribution in [0, 0.1) is 11.8 Å². The molecule has 1 rings (SSSR count). The van der Waals surface area contributed by atoms with Crippen molar-refractivity contribution in [2.24, 2.45) is 0 Å². The smallest absolute Gasteiger partial charge is 0.104 e. The van der Waals surface area contributed by atoms with Crippen LogP contribution in [-0.4, -0.2) is 30.2 Å². The van der Waals surface area contributed by atoms with Gasteiger partial charge in [0.2, 0.25) is 0 Å². The van der Waals surface area contributed by atoms with Crippen LogP contribution >= 0.6 is 11.3 Å². The number of hydrogen-bond donors (Lipinski definition) is 1. The first-order chi connectivity index (χ1) is 6.77. The van der Waals surface area contributed by atoms with Gasteiger partial charge in [-0.25, -0.2) is 0 Å². The summed E-state index contributed by atoms with van der Waals surface area (Å²) in [5, 5.41) is 10.6. The summed E-state index contributed by atoms with van der Waals surface area (Å²) in [5.74, 6) is 5.63.